The number of halogens is 1. The Hall–Kier alpha value is -2.22. The molecule has 1 atom stereocenters. The van der Waals surface area contributed by atoms with Gasteiger partial charge < -0.3 is 0 Å². The SMILES string of the molecule is O=C(/C=C/c1ccc(F)cc1)NNC(=O)[C@@H]1CCS(=O)(=O)C1. The van der Waals surface area contributed by atoms with Crippen LogP contribution in [-0.2, 0) is 19.4 Å². The molecule has 1 saturated heterocycles. The number of nitrogens with one attached hydrogen (secondary N) is 2. The van der Waals surface area contributed by atoms with E-state index < -0.39 is 27.6 Å². The van der Waals surface area contributed by atoms with Crippen molar-refractivity contribution in [3.63, 3.8) is 0 Å². The van der Waals surface area contributed by atoms with Crippen molar-refractivity contribution in [3.8, 4) is 0 Å². The van der Waals surface area contributed by atoms with Crippen LogP contribution in [0.4, 0.5) is 4.39 Å². The van der Waals surface area contributed by atoms with E-state index in [1.165, 1.54) is 36.4 Å². The molecule has 2 rings (SSSR count). The Bertz CT molecular complexity index is 698. The third-order valence-electron chi connectivity index (χ3n) is 3.21. The smallest absolute Gasteiger partial charge is 0.262 e. The Labute approximate surface area is 127 Å². The van der Waals surface area contributed by atoms with Crippen LogP contribution in [0.1, 0.15) is 12.0 Å². The Balaban J connectivity index is 1.80. The van der Waals surface area contributed by atoms with Gasteiger partial charge in [0.25, 0.3) is 5.91 Å². The molecule has 0 aromatic heterocycles. The van der Waals surface area contributed by atoms with E-state index in [-0.39, 0.29) is 23.7 Å². The number of hydrogen-bond acceptors (Lipinski definition) is 4. The third-order valence-corrected chi connectivity index (χ3v) is 4.98. The van der Waals surface area contributed by atoms with Crippen LogP contribution in [-0.4, -0.2) is 31.7 Å². The minimum Gasteiger partial charge on any atom is -0.273 e. The molecule has 0 radical (unpaired) electrons. The van der Waals surface area contributed by atoms with Crippen LogP contribution in [0.15, 0.2) is 30.3 Å². The zero-order valence-electron chi connectivity index (χ0n) is 11.6. The van der Waals surface area contributed by atoms with Gasteiger partial charge in [-0.3, -0.25) is 20.4 Å². The molecule has 0 aliphatic carbocycles. The van der Waals surface area contributed by atoms with Crippen LogP contribution >= 0.6 is 0 Å². The molecule has 1 aromatic rings. The van der Waals surface area contributed by atoms with Gasteiger partial charge in [0.05, 0.1) is 17.4 Å². The summed E-state index contributed by atoms with van der Waals surface area (Å²) in [5.41, 5.74) is 5.00. The highest BCUT2D eigenvalue weighted by molar-refractivity contribution is 7.91. The van der Waals surface area contributed by atoms with E-state index in [1.807, 2.05) is 0 Å². The maximum atomic E-state index is 12.7. The molecule has 118 valence electrons. The summed E-state index contributed by atoms with van der Waals surface area (Å²) in [6.45, 7) is 0. The predicted molar refractivity (Wildman–Crippen MR) is 78.5 cm³/mol. The number of carbonyl (C=O) groups excluding carboxylic acids is 2. The summed E-state index contributed by atoms with van der Waals surface area (Å²) < 4.78 is 35.2. The molecule has 1 fully saturated rings. The van der Waals surface area contributed by atoms with E-state index in [2.05, 4.69) is 10.9 Å². The molecule has 2 amide bonds. The van der Waals surface area contributed by atoms with Crippen LogP contribution in [0, 0.1) is 11.7 Å². The number of hydrazine groups is 1. The zero-order valence-corrected chi connectivity index (χ0v) is 12.4. The van der Waals surface area contributed by atoms with Crippen molar-refractivity contribution >= 4 is 27.7 Å². The highest BCUT2D eigenvalue weighted by atomic mass is 32.2. The van der Waals surface area contributed by atoms with Gasteiger partial charge in [0.1, 0.15) is 5.82 Å². The summed E-state index contributed by atoms with van der Waals surface area (Å²) >= 11 is 0. The maximum absolute atomic E-state index is 12.7. The summed E-state index contributed by atoms with van der Waals surface area (Å²) in [6.07, 6.45) is 2.90. The fourth-order valence-electron chi connectivity index (χ4n) is 2.01. The second kappa shape index (κ2) is 6.69. The lowest BCUT2D eigenvalue weighted by Gasteiger charge is -2.09. The van der Waals surface area contributed by atoms with Gasteiger partial charge in [0.2, 0.25) is 5.91 Å². The molecule has 22 heavy (non-hydrogen) atoms. The lowest BCUT2D eigenvalue weighted by molar-refractivity contribution is -0.129. The van der Waals surface area contributed by atoms with Crippen molar-refractivity contribution in [2.75, 3.05) is 11.5 Å². The van der Waals surface area contributed by atoms with E-state index in [0.29, 0.717) is 5.56 Å². The number of hydrogen-bond donors (Lipinski definition) is 2. The molecule has 1 aliphatic rings. The van der Waals surface area contributed by atoms with Gasteiger partial charge in [-0.15, -0.1) is 0 Å². The number of amides is 2. The van der Waals surface area contributed by atoms with Crippen LogP contribution < -0.4 is 10.9 Å². The summed E-state index contributed by atoms with van der Waals surface area (Å²) in [4.78, 5) is 23.2. The van der Waals surface area contributed by atoms with Gasteiger partial charge in [-0.25, -0.2) is 12.8 Å². The van der Waals surface area contributed by atoms with Crippen molar-refractivity contribution in [2.45, 2.75) is 6.42 Å². The number of sulfone groups is 1. The van der Waals surface area contributed by atoms with Gasteiger partial charge in [-0.1, -0.05) is 12.1 Å². The van der Waals surface area contributed by atoms with Crippen molar-refractivity contribution in [3.05, 3.63) is 41.7 Å². The number of benzene rings is 1. The summed E-state index contributed by atoms with van der Waals surface area (Å²) in [7, 11) is -3.15. The molecule has 1 aromatic carbocycles. The monoisotopic (exact) mass is 326 g/mol. The summed E-state index contributed by atoms with van der Waals surface area (Å²) in [5.74, 6) is -2.31. The van der Waals surface area contributed by atoms with E-state index >= 15 is 0 Å². The molecule has 1 heterocycles. The number of carbonyl (C=O) groups is 2. The van der Waals surface area contributed by atoms with E-state index in [9.17, 15) is 22.4 Å². The van der Waals surface area contributed by atoms with Crippen LogP contribution in [0.2, 0.25) is 0 Å². The first-order valence-corrected chi connectivity index (χ1v) is 8.42. The average molecular weight is 326 g/mol. The molecule has 6 nitrogen and oxygen atoms in total. The third kappa shape index (κ3) is 4.66. The van der Waals surface area contributed by atoms with E-state index in [0.717, 1.165) is 0 Å². The topological polar surface area (TPSA) is 92.3 Å². The molecular weight excluding hydrogens is 311 g/mol. The largest absolute Gasteiger partial charge is 0.273 e. The molecule has 0 bridgehead atoms. The van der Waals surface area contributed by atoms with Crippen molar-refractivity contribution in [1.29, 1.82) is 0 Å². The first-order valence-electron chi connectivity index (χ1n) is 6.60. The second-order valence-corrected chi connectivity index (χ2v) is 7.19. The fraction of sp³-hybridized carbons (Fsp3) is 0.286. The molecule has 1 aliphatic heterocycles. The second-order valence-electron chi connectivity index (χ2n) is 4.96. The first kappa shape index (κ1) is 16.2. The van der Waals surface area contributed by atoms with Crippen LogP contribution in [0.3, 0.4) is 0 Å². The summed E-state index contributed by atoms with van der Waals surface area (Å²) in [6, 6.07) is 5.53. The molecule has 2 N–H and O–H groups in total. The number of rotatable bonds is 3. The minimum atomic E-state index is -3.15. The zero-order chi connectivity index (χ0) is 16.2. The lowest BCUT2D eigenvalue weighted by atomic mass is 10.1. The van der Waals surface area contributed by atoms with Gasteiger partial charge in [-0.05, 0) is 30.2 Å². The quantitative estimate of drug-likeness (QED) is 0.622. The van der Waals surface area contributed by atoms with Crippen LogP contribution in [0.25, 0.3) is 6.08 Å². The van der Waals surface area contributed by atoms with Crippen molar-refractivity contribution in [1.82, 2.24) is 10.9 Å². The van der Waals surface area contributed by atoms with Gasteiger partial charge >= 0.3 is 0 Å². The van der Waals surface area contributed by atoms with Crippen LogP contribution in [0.5, 0.6) is 0 Å². The maximum Gasteiger partial charge on any atom is 0.262 e. The first-order chi connectivity index (χ1) is 10.4. The molecule has 0 spiro atoms. The Morgan fingerprint density at radius 1 is 1.18 bits per heavy atom. The van der Waals surface area contributed by atoms with Gasteiger partial charge in [0, 0.05) is 6.08 Å². The summed E-state index contributed by atoms with van der Waals surface area (Å²) in [5, 5.41) is 0. The van der Waals surface area contributed by atoms with Gasteiger partial charge in [-0.2, -0.15) is 0 Å². The standard InChI is InChI=1S/C14H15FN2O4S/c15-12-4-1-10(2-5-12)3-6-13(18)16-17-14(19)11-7-8-22(20,21)9-11/h1-6,11H,7-9H2,(H,16,18)(H,17,19)/b6-3+/t11-/m1/s1. The molecule has 0 unspecified atom stereocenters. The highest BCUT2D eigenvalue weighted by Crippen LogP contribution is 2.17. The average Bonchev–Trinajstić information content (AvgIpc) is 2.84. The van der Waals surface area contributed by atoms with E-state index in [4.69, 9.17) is 0 Å². The fourth-order valence-corrected chi connectivity index (χ4v) is 3.76. The van der Waals surface area contributed by atoms with Gasteiger partial charge in [0.15, 0.2) is 9.84 Å². The Kier molecular flexibility index (Phi) is 4.92. The molecule has 8 heteroatoms. The van der Waals surface area contributed by atoms with Crippen molar-refractivity contribution < 1.29 is 22.4 Å². The highest BCUT2D eigenvalue weighted by Gasteiger charge is 2.32. The van der Waals surface area contributed by atoms with E-state index in [1.54, 1.807) is 0 Å². The molecule has 0 saturated carbocycles. The lowest BCUT2D eigenvalue weighted by Crippen LogP contribution is -2.44. The normalized spacial score (nSPS) is 20.0. The minimum absolute atomic E-state index is 0.0104. The molecular formula is C14H15FN2O4S. The Morgan fingerprint density at radius 3 is 2.45 bits per heavy atom. The Morgan fingerprint density at radius 2 is 1.86 bits per heavy atom. The predicted octanol–water partition coefficient (Wildman–Crippen LogP) is 0.421. The van der Waals surface area contributed by atoms with Crippen molar-refractivity contribution in [2.24, 2.45) is 5.92 Å².